The van der Waals surface area contributed by atoms with Crippen LogP contribution < -0.4 is 5.73 Å². The smallest absolute Gasteiger partial charge is 0.109 e. The Kier molecular flexibility index (Phi) is 0.631. The molecule has 0 aromatic carbocycles. The van der Waals surface area contributed by atoms with Crippen LogP contribution in [0.1, 0.15) is 0 Å². The number of hydrogen-bond acceptors (Lipinski definition) is 2. The second kappa shape index (κ2) is 1.28. The Hall–Kier alpha value is -1.45. The third-order valence-corrected chi connectivity index (χ3v) is 1.27. The molecule has 0 amide bonds. The van der Waals surface area contributed by atoms with Crippen molar-refractivity contribution in [3.63, 3.8) is 0 Å². The first-order valence-electron chi connectivity index (χ1n) is 2.64. The average Bonchev–Trinajstić information content (AvgIpc) is 2.35. The number of aromatic nitrogens is 3. The summed E-state index contributed by atoms with van der Waals surface area (Å²) >= 11 is 0. The van der Waals surface area contributed by atoms with Crippen LogP contribution in [0, 0.1) is 0 Å². The SMILES string of the molecule is Nc1cnn2[nH]ccc12. The first-order chi connectivity index (χ1) is 4.38. The van der Waals surface area contributed by atoms with Crippen LogP contribution in [0.25, 0.3) is 5.52 Å². The standard InChI is InChI=1S/C5H6N4/c6-4-3-8-9-5(4)1-2-7-9/h1-3,7H,6H2. The highest BCUT2D eigenvalue weighted by molar-refractivity contribution is 5.67. The van der Waals surface area contributed by atoms with Gasteiger partial charge < -0.3 is 5.73 Å². The molecule has 3 N–H and O–H groups in total. The second-order valence-corrected chi connectivity index (χ2v) is 1.86. The molecule has 2 heterocycles. The largest absolute Gasteiger partial charge is 0.396 e. The molecule has 0 radical (unpaired) electrons. The van der Waals surface area contributed by atoms with Gasteiger partial charge in [-0.05, 0) is 6.07 Å². The van der Waals surface area contributed by atoms with Gasteiger partial charge in [-0.15, -0.1) is 0 Å². The average molecular weight is 122 g/mol. The molecule has 0 saturated carbocycles. The number of nitrogen functional groups attached to an aromatic ring is 1. The van der Waals surface area contributed by atoms with Gasteiger partial charge in [0.2, 0.25) is 0 Å². The highest BCUT2D eigenvalue weighted by atomic mass is 15.4. The van der Waals surface area contributed by atoms with Gasteiger partial charge in [0, 0.05) is 6.20 Å². The molecule has 2 rings (SSSR count). The summed E-state index contributed by atoms with van der Waals surface area (Å²) in [5.41, 5.74) is 7.15. The molecule has 0 saturated heterocycles. The number of rotatable bonds is 0. The minimum absolute atomic E-state index is 0.705. The third-order valence-electron chi connectivity index (χ3n) is 1.27. The Bertz CT molecular complexity index is 318. The van der Waals surface area contributed by atoms with Gasteiger partial charge in [0.25, 0.3) is 0 Å². The van der Waals surface area contributed by atoms with E-state index in [2.05, 4.69) is 10.2 Å². The van der Waals surface area contributed by atoms with E-state index in [1.165, 1.54) is 0 Å². The number of hydrogen-bond donors (Lipinski definition) is 2. The monoisotopic (exact) mass is 122 g/mol. The van der Waals surface area contributed by atoms with Crippen LogP contribution in [0.5, 0.6) is 0 Å². The fraction of sp³-hybridized carbons (Fsp3) is 0. The van der Waals surface area contributed by atoms with Gasteiger partial charge in [-0.2, -0.15) is 9.73 Å². The van der Waals surface area contributed by atoms with Crippen molar-refractivity contribution in [3.8, 4) is 0 Å². The van der Waals surface area contributed by atoms with Crippen molar-refractivity contribution in [2.24, 2.45) is 0 Å². The van der Waals surface area contributed by atoms with Crippen LogP contribution in [-0.4, -0.2) is 14.8 Å². The lowest BCUT2D eigenvalue weighted by atomic mass is 10.4. The summed E-state index contributed by atoms with van der Waals surface area (Å²) in [5.74, 6) is 0. The fourth-order valence-corrected chi connectivity index (χ4v) is 0.827. The maximum atomic E-state index is 5.52. The van der Waals surface area contributed by atoms with Crippen LogP contribution in [-0.2, 0) is 0 Å². The van der Waals surface area contributed by atoms with E-state index < -0.39 is 0 Å². The topological polar surface area (TPSA) is 59.1 Å². The molecule has 0 aliphatic heterocycles. The van der Waals surface area contributed by atoms with Crippen molar-refractivity contribution in [3.05, 3.63) is 18.5 Å². The van der Waals surface area contributed by atoms with E-state index in [1.807, 2.05) is 6.07 Å². The Labute approximate surface area is 51.3 Å². The zero-order valence-electron chi connectivity index (χ0n) is 4.70. The molecule has 0 aliphatic carbocycles. The van der Waals surface area contributed by atoms with Crippen LogP contribution >= 0.6 is 0 Å². The van der Waals surface area contributed by atoms with Crippen molar-refractivity contribution < 1.29 is 0 Å². The molecule has 2 aromatic heterocycles. The van der Waals surface area contributed by atoms with Crippen LogP contribution in [0.4, 0.5) is 5.69 Å². The summed E-state index contributed by atoms with van der Waals surface area (Å²) in [6.45, 7) is 0. The summed E-state index contributed by atoms with van der Waals surface area (Å²) < 4.78 is 1.62. The summed E-state index contributed by atoms with van der Waals surface area (Å²) in [5, 5.41) is 6.78. The molecule has 0 spiro atoms. The van der Waals surface area contributed by atoms with Crippen LogP contribution in [0.3, 0.4) is 0 Å². The summed E-state index contributed by atoms with van der Waals surface area (Å²) in [6, 6.07) is 1.88. The molecular weight excluding hydrogens is 116 g/mol. The lowest BCUT2D eigenvalue weighted by Crippen LogP contribution is -1.83. The first-order valence-corrected chi connectivity index (χ1v) is 2.64. The van der Waals surface area contributed by atoms with E-state index in [1.54, 1.807) is 17.0 Å². The molecule has 0 unspecified atom stereocenters. The predicted octanol–water partition coefficient (Wildman–Crippen LogP) is 0.245. The number of nitrogens with zero attached hydrogens (tertiary/aromatic N) is 2. The van der Waals surface area contributed by atoms with Gasteiger partial charge >= 0.3 is 0 Å². The van der Waals surface area contributed by atoms with Gasteiger partial charge in [0.05, 0.1) is 11.9 Å². The van der Waals surface area contributed by atoms with Gasteiger partial charge in [-0.1, -0.05) is 0 Å². The molecule has 0 aliphatic rings. The lowest BCUT2D eigenvalue weighted by Gasteiger charge is -1.78. The molecule has 4 nitrogen and oxygen atoms in total. The van der Waals surface area contributed by atoms with Gasteiger partial charge in [-0.25, -0.2) is 0 Å². The summed E-state index contributed by atoms with van der Waals surface area (Å²) in [4.78, 5) is 0. The Morgan fingerprint density at radius 3 is 3.33 bits per heavy atom. The fourth-order valence-electron chi connectivity index (χ4n) is 0.827. The number of fused-ring (bicyclic) bond motifs is 1. The third kappa shape index (κ3) is 0.440. The van der Waals surface area contributed by atoms with Crippen molar-refractivity contribution in [2.45, 2.75) is 0 Å². The number of nitrogens with one attached hydrogen (secondary N) is 1. The van der Waals surface area contributed by atoms with Crippen molar-refractivity contribution in [1.82, 2.24) is 14.8 Å². The Balaban J connectivity index is 2.99. The molecule has 0 fully saturated rings. The predicted molar refractivity (Wildman–Crippen MR) is 34.0 cm³/mol. The molecule has 9 heavy (non-hydrogen) atoms. The zero-order chi connectivity index (χ0) is 6.27. The minimum atomic E-state index is 0.705. The van der Waals surface area contributed by atoms with Crippen molar-refractivity contribution in [2.75, 3.05) is 5.73 Å². The van der Waals surface area contributed by atoms with E-state index in [-0.39, 0.29) is 0 Å². The molecule has 4 heteroatoms. The van der Waals surface area contributed by atoms with Gasteiger partial charge in [0.1, 0.15) is 5.52 Å². The number of aromatic amines is 1. The summed E-state index contributed by atoms with van der Waals surface area (Å²) in [6.07, 6.45) is 3.41. The molecule has 2 aromatic rings. The van der Waals surface area contributed by atoms with E-state index in [0.29, 0.717) is 5.69 Å². The summed E-state index contributed by atoms with van der Waals surface area (Å²) in [7, 11) is 0. The van der Waals surface area contributed by atoms with Crippen LogP contribution in [0.2, 0.25) is 0 Å². The van der Waals surface area contributed by atoms with E-state index in [4.69, 9.17) is 5.73 Å². The molecular formula is C5H6N4. The van der Waals surface area contributed by atoms with E-state index in [0.717, 1.165) is 5.52 Å². The van der Waals surface area contributed by atoms with E-state index in [9.17, 15) is 0 Å². The Morgan fingerprint density at radius 1 is 1.67 bits per heavy atom. The van der Waals surface area contributed by atoms with Gasteiger partial charge in [-0.3, -0.25) is 5.10 Å². The van der Waals surface area contributed by atoms with Crippen molar-refractivity contribution >= 4 is 11.2 Å². The molecule has 0 bridgehead atoms. The quantitative estimate of drug-likeness (QED) is 0.526. The van der Waals surface area contributed by atoms with E-state index >= 15 is 0 Å². The molecule has 0 atom stereocenters. The molecule has 46 valence electrons. The number of anilines is 1. The van der Waals surface area contributed by atoms with Crippen LogP contribution in [0.15, 0.2) is 18.5 Å². The lowest BCUT2D eigenvalue weighted by molar-refractivity contribution is 0.821. The minimum Gasteiger partial charge on any atom is -0.396 e. The first kappa shape index (κ1) is 4.43. The maximum Gasteiger partial charge on any atom is 0.109 e. The highest BCUT2D eigenvalue weighted by Gasteiger charge is 1.96. The Morgan fingerprint density at radius 2 is 2.56 bits per heavy atom. The number of nitrogens with two attached hydrogens (primary N) is 1. The number of H-pyrrole nitrogens is 1. The van der Waals surface area contributed by atoms with Gasteiger partial charge in [0.15, 0.2) is 0 Å². The highest BCUT2D eigenvalue weighted by Crippen LogP contribution is 2.09. The van der Waals surface area contributed by atoms with Crippen molar-refractivity contribution in [1.29, 1.82) is 0 Å². The maximum absolute atomic E-state index is 5.52. The zero-order valence-corrected chi connectivity index (χ0v) is 4.70. The normalized spacial score (nSPS) is 10.7. The second-order valence-electron chi connectivity index (χ2n) is 1.86.